The Morgan fingerprint density at radius 1 is 0.893 bits per heavy atom. The second-order valence-electron chi connectivity index (χ2n) is 9.77. The van der Waals surface area contributed by atoms with Gasteiger partial charge in [0.15, 0.2) is 7.05 Å². The third kappa shape index (κ3) is 2.43. The summed E-state index contributed by atoms with van der Waals surface area (Å²) in [6, 6.07) is 15.9. The molecule has 28 heavy (non-hydrogen) atoms. The summed E-state index contributed by atoms with van der Waals surface area (Å²) < 4.78 is 4.71. The minimum absolute atomic E-state index is 0.0128. The minimum Gasteiger partial charge on any atom is -0.124 e. The molecule has 0 amide bonds. The van der Waals surface area contributed by atoms with Crippen molar-refractivity contribution in [2.45, 2.75) is 65.2 Å². The summed E-state index contributed by atoms with van der Waals surface area (Å²) in [5.74, 6) is 0.554. The van der Waals surface area contributed by atoms with E-state index in [4.69, 9.17) is 0 Å². The Kier molecular flexibility index (Phi) is 4.12. The smallest absolute Gasteiger partial charge is 0.124 e. The van der Waals surface area contributed by atoms with Crippen LogP contribution in [0.5, 0.6) is 0 Å². The van der Waals surface area contributed by atoms with Gasteiger partial charge in [0.25, 0.3) is 0 Å². The van der Waals surface area contributed by atoms with Crippen LogP contribution in [0.25, 0.3) is 16.8 Å². The van der Waals surface area contributed by atoms with Gasteiger partial charge >= 0.3 is 0 Å². The summed E-state index contributed by atoms with van der Waals surface area (Å²) in [5.41, 5.74) is 9.55. The maximum Gasteiger partial charge on any atom is 0.203 e. The molecule has 0 saturated carbocycles. The van der Waals surface area contributed by atoms with Crippen molar-refractivity contribution in [2.24, 2.45) is 7.05 Å². The lowest BCUT2D eigenvalue weighted by atomic mass is 9.59. The molecule has 146 valence electrons. The standard InChI is InChI=1S/C26H33N2/c1-17(2)19-12-14-20(15-13-19)21-16-27(8)28-23-18(3)10-9-11-22(23)25(4,5)26(6,7)24(21)28/h9-17H,1-8H3/q+1. The van der Waals surface area contributed by atoms with Crippen molar-refractivity contribution in [1.29, 1.82) is 0 Å². The number of fused-ring (bicyclic) bond motifs is 3. The maximum absolute atomic E-state index is 2.45. The fourth-order valence-electron chi connectivity index (χ4n) is 4.78. The van der Waals surface area contributed by atoms with Crippen LogP contribution in [0.1, 0.15) is 69.8 Å². The van der Waals surface area contributed by atoms with E-state index >= 15 is 0 Å². The number of aromatic nitrogens is 2. The van der Waals surface area contributed by atoms with Crippen LogP contribution in [0.3, 0.4) is 0 Å². The van der Waals surface area contributed by atoms with E-state index in [0.29, 0.717) is 5.92 Å². The van der Waals surface area contributed by atoms with E-state index in [9.17, 15) is 0 Å². The predicted molar refractivity (Wildman–Crippen MR) is 117 cm³/mol. The number of hydrogen-bond donors (Lipinski definition) is 0. The molecular weight excluding hydrogens is 340 g/mol. The molecule has 3 aromatic rings. The van der Waals surface area contributed by atoms with Crippen LogP contribution < -0.4 is 4.68 Å². The first-order chi connectivity index (χ1) is 13.1. The van der Waals surface area contributed by atoms with Gasteiger partial charge in [-0.1, -0.05) is 84.0 Å². The van der Waals surface area contributed by atoms with Crippen molar-refractivity contribution in [2.75, 3.05) is 0 Å². The summed E-state index contributed by atoms with van der Waals surface area (Å²) in [6.07, 6.45) is 2.30. The molecule has 0 radical (unpaired) electrons. The molecule has 0 saturated heterocycles. The molecule has 0 fully saturated rings. The highest BCUT2D eigenvalue weighted by Crippen LogP contribution is 2.52. The Hall–Kier alpha value is -2.35. The molecule has 0 N–H and O–H groups in total. The van der Waals surface area contributed by atoms with Crippen LogP contribution in [0.15, 0.2) is 48.7 Å². The third-order valence-electron chi connectivity index (χ3n) is 7.26. The summed E-state index contributed by atoms with van der Waals surface area (Å²) in [6.45, 7) is 16.3. The molecule has 2 nitrogen and oxygen atoms in total. The van der Waals surface area contributed by atoms with E-state index in [0.717, 1.165) is 0 Å². The summed E-state index contributed by atoms with van der Waals surface area (Å²) >= 11 is 0. The molecule has 0 bridgehead atoms. The van der Waals surface area contributed by atoms with Gasteiger partial charge in [0, 0.05) is 10.8 Å². The van der Waals surface area contributed by atoms with Crippen molar-refractivity contribution in [3.8, 4) is 16.8 Å². The van der Waals surface area contributed by atoms with Crippen molar-refractivity contribution in [3.05, 3.63) is 71.0 Å². The van der Waals surface area contributed by atoms with Crippen LogP contribution >= 0.6 is 0 Å². The van der Waals surface area contributed by atoms with Crippen LogP contribution in [-0.2, 0) is 17.9 Å². The number of para-hydroxylation sites is 1. The molecule has 2 aromatic carbocycles. The van der Waals surface area contributed by atoms with E-state index in [1.807, 2.05) is 0 Å². The van der Waals surface area contributed by atoms with Gasteiger partial charge in [0.1, 0.15) is 11.4 Å². The third-order valence-corrected chi connectivity index (χ3v) is 7.26. The Morgan fingerprint density at radius 3 is 2.14 bits per heavy atom. The predicted octanol–water partition coefficient (Wildman–Crippen LogP) is 5.97. The van der Waals surface area contributed by atoms with Gasteiger partial charge < -0.3 is 0 Å². The number of aryl methyl sites for hydroxylation is 2. The molecule has 0 unspecified atom stereocenters. The number of benzene rings is 2. The summed E-state index contributed by atoms with van der Waals surface area (Å²) in [7, 11) is 2.17. The van der Waals surface area contributed by atoms with Gasteiger partial charge in [-0.3, -0.25) is 0 Å². The first-order valence-electron chi connectivity index (χ1n) is 10.4. The van der Waals surface area contributed by atoms with Crippen molar-refractivity contribution in [1.82, 2.24) is 4.68 Å². The Labute approximate surface area is 169 Å². The average Bonchev–Trinajstić information content (AvgIpc) is 2.98. The van der Waals surface area contributed by atoms with Crippen molar-refractivity contribution < 1.29 is 4.68 Å². The molecule has 4 rings (SSSR count). The zero-order valence-electron chi connectivity index (χ0n) is 18.6. The SMILES string of the molecule is Cc1cccc2c1-n1c(c(-c3ccc(C(C)C)cc3)c[n+]1C)C(C)(C)C2(C)C. The minimum atomic E-state index is -0.0128. The number of nitrogens with zero attached hydrogens (tertiary/aromatic N) is 2. The fraction of sp³-hybridized carbons (Fsp3) is 0.423. The maximum atomic E-state index is 2.45. The molecular formula is C26H33N2+. The fourth-order valence-corrected chi connectivity index (χ4v) is 4.78. The highest BCUT2D eigenvalue weighted by atomic mass is 15.4. The van der Waals surface area contributed by atoms with Crippen LogP contribution in [0.4, 0.5) is 0 Å². The molecule has 1 aromatic heterocycles. The van der Waals surface area contributed by atoms with Gasteiger partial charge in [-0.2, -0.15) is 0 Å². The van der Waals surface area contributed by atoms with Gasteiger partial charge in [0.05, 0.1) is 5.56 Å². The van der Waals surface area contributed by atoms with Gasteiger partial charge in [-0.15, -0.1) is 9.36 Å². The molecule has 1 aliphatic rings. The van der Waals surface area contributed by atoms with Crippen molar-refractivity contribution >= 4 is 0 Å². The normalized spacial score (nSPS) is 16.8. The van der Waals surface area contributed by atoms with Gasteiger partial charge in [0.2, 0.25) is 6.20 Å². The quantitative estimate of drug-likeness (QED) is 0.489. The second kappa shape index (κ2) is 6.07. The molecule has 0 aliphatic carbocycles. The molecule has 0 spiro atoms. The van der Waals surface area contributed by atoms with E-state index in [1.54, 1.807) is 0 Å². The monoisotopic (exact) mass is 373 g/mol. The zero-order valence-corrected chi connectivity index (χ0v) is 18.6. The zero-order chi connectivity index (χ0) is 20.4. The average molecular weight is 374 g/mol. The number of hydrogen-bond acceptors (Lipinski definition) is 0. The Balaban J connectivity index is 2.04. The van der Waals surface area contributed by atoms with Crippen molar-refractivity contribution in [3.63, 3.8) is 0 Å². The molecule has 2 heteroatoms. The van der Waals surface area contributed by atoms with Crippen LogP contribution in [-0.4, -0.2) is 4.68 Å². The first-order valence-corrected chi connectivity index (χ1v) is 10.4. The Morgan fingerprint density at radius 2 is 1.54 bits per heavy atom. The lowest BCUT2D eigenvalue weighted by Crippen LogP contribution is -2.51. The largest absolute Gasteiger partial charge is 0.203 e. The lowest BCUT2D eigenvalue weighted by Gasteiger charge is -2.46. The van der Waals surface area contributed by atoms with E-state index in [1.165, 1.54) is 39.2 Å². The lowest BCUT2D eigenvalue weighted by molar-refractivity contribution is -0.745. The first kappa shape index (κ1) is 19.0. The Bertz CT molecular complexity index is 1050. The number of rotatable bonds is 2. The van der Waals surface area contributed by atoms with Crippen LogP contribution in [0, 0.1) is 6.92 Å². The van der Waals surface area contributed by atoms with E-state index in [-0.39, 0.29) is 10.8 Å². The van der Waals surface area contributed by atoms with Gasteiger partial charge in [-0.25, -0.2) is 0 Å². The summed E-state index contributed by atoms with van der Waals surface area (Å²) in [4.78, 5) is 0. The second-order valence-corrected chi connectivity index (χ2v) is 9.77. The topological polar surface area (TPSA) is 8.81 Å². The molecule has 2 heterocycles. The molecule has 1 aliphatic heterocycles. The van der Waals surface area contributed by atoms with E-state index < -0.39 is 0 Å². The highest BCUT2D eigenvalue weighted by molar-refractivity contribution is 5.70. The van der Waals surface area contributed by atoms with E-state index in [2.05, 4.69) is 114 Å². The summed E-state index contributed by atoms with van der Waals surface area (Å²) in [5, 5.41) is 0. The van der Waals surface area contributed by atoms with Crippen LogP contribution in [0.2, 0.25) is 0 Å². The molecule has 0 atom stereocenters. The van der Waals surface area contributed by atoms with Gasteiger partial charge in [-0.05, 0) is 35.1 Å². The highest BCUT2D eigenvalue weighted by Gasteiger charge is 2.51.